The predicted molar refractivity (Wildman–Crippen MR) is 112 cm³/mol. The van der Waals surface area contributed by atoms with Gasteiger partial charge in [0.2, 0.25) is 15.9 Å². The fraction of sp³-hybridized carbons (Fsp3) is 0.409. The fourth-order valence-corrected chi connectivity index (χ4v) is 5.70. The van der Waals surface area contributed by atoms with E-state index in [1.807, 2.05) is 24.3 Å². The summed E-state index contributed by atoms with van der Waals surface area (Å²) in [6.07, 6.45) is 0. The van der Waals surface area contributed by atoms with Crippen molar-refractivity contribution in [2.75, 3.05) is 46.5 Å². The van der Waals surface area contributed by atoms with Gasteiger partial charge in [0.1, 0.15) is 5.75 Å². The van der Waals surface area contributed by atoms with Crippen LogP contribution in [0.3, 0.4) is 0 Å². The summed E-state index contributed by atoms with van der Waals surface area (Å²) in [5, 5.41) is 0. The molecule has 2 aliphatic heterocycles. The third-order valence-electron chi connectivity index (χ3n) is 5.83. The molecule has 2 fully saturated rings. The number of rotatable bonds is 5. The lowest BCUT2D eigenvalue weighted by Crippen LogP contribution is -2.45. The first-order valence-corrected chi connectivity index (χ1v) is 11.5. The van der Waals surface area contributed by atoms with Gasteiger partial charge in [0, 0.05) is 32.1 Å². The fourth-order valence-electron chi connectivity index (χ4n) is 4.18. The largest absolute Gasteiger partial charge is 0.497 e. The normalized spacial score (nSPS) is 22.8. The Morgan fingerprint density at radius 2 is 1.77 bits per heavy atom. The molecule has 8 heteroatoms. The molecular weight excluding hydrogens is 404 g/mol. The van der Waals surface area contributed by atoms with E-state index in [-0.39, 0.29) is 29.8 Å². The van der Waals surface area contributed by atoms with Gasteiger partial charge in [-0.25, -0.2) is 8.42 Å². The van der Waals surface area contributed by atoms with Gasteiger partial charge in [-0.3, -0.25) is 4.79 Å². The maximum Gasteiger partial charge on any atom is 0.243 e. The molecule has 2 saturated heterocycles. The van der Waals surface area contributed by atoms with Crippen LogP contribution >= 0.6 is 0 Å². The SMILES string of the molecule is COc1cccc(C2CN(S(=O)(=O)c3ccccc3)CC2C(=O)N2CCOCC2)c1. The summed E-state index contributed by atoms with van der Waals surface area (Å²) < 4.78 is 38.6. The van der Waals surface area contributed by atoms with Crippen molar-refractivity contribution in [3.8, 4) is 5.75 Å². The van der Waals surface area contributed by atoms with Gasteiger partial charge in [0.25, 0.3) is 0 Å². The van der Waals surface area contributed by atoms with E-state index in [9.17, 15) is 13.2 Å². The van der Waals surface area contributed by atoms with Gasteiger partial charge in [0.15, 0.2) is 0 Å². The lowest BCUT2D eigenvalue weighted by atomic mass is 9.87. The molecule has 0 saturated carbocycles. The Hall–Kier alpha value is -2.42. The van der Waals surface area contributed by atoms with Crippen molar-refractivity contribution in [1.82, 2.24) is 9.21 Å². The minimum atomic E-state index is -3.69. The Labute approximate surface area is 177 Å². The highest BCUT2D eigenvalue weighted by atomic mass is 32.2. The molecule has 2 aromatic rings. The molecule has 7 nitrogen and oxygen atoms in total. The van der Waals surface area contributed by atoms with Gasteiger partial charge in [-0.2, -0.15) is 4.31 Å². The van der Waals surface area contributed by atoms with Gasteiger partial charge in [-0.15, -0.1) is 0 Å². The van der Waals surface area contributed by atoms with E-state index in [0.29, 0.717) is 32.1 Å². The Bertz CT molecular complexity index is 990. The van der Waals surface area contributed by atoms with E-state index in [1.165, 1.54) is 4.31 Å². The topological polar surface area (TPSA) is 76.2 Å². The second kappa shape index (κ2) is 8.75. The average molecular weight is 431 g/mol. The van der Waals surface area contributed by atoms with E-state index in [4.69, 9.17) is 9.47 Å². The Morgan fingerprint density at radius 1 is 1.03 bits per heavy atom. The number of nitrogens with zero attached hydrogens (tertiary/aromatic N) is 2. The molecule has 2 atom stereocenters. The zero-order chi connectivity index (χ0) is 21.1. The first kappa shape index (κ1) is 20.8. The highest BCUT2D eigenvalue weighted by Crippen LogP contribution is 2.38. The summed E-state index contributed by atoms with van der Waals surface area (Å²) in [6, 6.07) is 15.9. The smallest absolute Gasteiger partial charge is 0.243 e. The van der Waals surface area contributed by atoms with Crippen LogP contribution in [0.1, 0.15) is 11.5 Å². The van der Waals surface area contributed by atoms with Crippen LogP contribution in [0.5, 0.6) is 5.75 Å². The standard InChI is InChI=1S/C22H26N2O5S/c1-28-18-7-5-6-17(14-18)20-15-24(30(26,27)19-8-3-2-4-9-19)16-21(20)22(25)23-10-12-29-13-11-23/h2-9,14,20-21H,10-13,15-16H2,1H3. The lowest BCUT2D eigenvalue weighted by Gasteiger charge is -2.31. The molecule has 2 aliphatic rings. The Balaban J connectivity index is 1.67. The third-order valence-corrected chi connectivity index (χ3v) is 7.68. The number of ether oxygens (including phenoxy) is 2. The summed E-state index contributed by atoms with van der Waals surface area (Å²) in [6.45, 7) is 2.50. The predicted octanol–water partition coefficient (Wildman–Crippen LogP) is 1.96. The molecule has 0 N–H and O–H groups in total. The third kappa shape index (κ3) is 4.08. The van der Waals surface area contributed by atoms with Crippen molar-refractivity contribution in [2.45, 2.75) is 10.8 Å². The summed E-state index contributed by atoms with van der Waals surface area (Å²) in [5.74, 6) is -0.0195. The number of methoxy groups -OCH3 is 1. The van der Waals surface area contributed by atoms with Crippen LogP contribution in [-0.4, -0.2) is 70.0 Å². The van der Waals surface area contributed by atoms with Crippen LogP contribution in [0, 0.1) is 5.92 Å². The molecule has 160 valence electrons. The van der Waals surface area contributed by atoms with Crippen LogP contribution in [-0.2, 0) is 19.6 Å². The summed E-state index contributed by atoms with van der Waals surface area (Å²) in [7, 11) is -2.09. The van der Waals surface area contributed by atoms with Gasteiger partial charge >= 0.3 is 0 Å². The zero-order valence-corrected chi connectivity index (χ0v) is 17.8. The van der Waals surface area contributed by atoms with Crippen molar-refractivity contribution >= 4 is 15.9 Å². The number of benzene rings is 2. The van der Waals surface area contributed by atoms with Crippen molar-refractivity contribution in [1.29, 1.82) is 0 Å². The van der Waals surface area contributed by atoms with Gasteiger partial charge in [-0.05, 0) is 29.8 Å². The minimum absolute atomic E-state index is 0.0168. The average Bonchev–Trinajstić information content (AvgIpc) is 3.26. The first-order chi connectivity index (χ1) is 14.5. The minimum Gasteiger partial charge on any atom is -0.497 e. The van der Waals surface area contributed by atoms with Gasteiger partial charge in [-0.1, -0.05) is 30.3 Å². The van der Waals surface area contributed by atoms with E-state index >= 15 is 0 Å². The second-order valence-corrected chi connectivity index (χ2v) is 9.50. The van der Waals surface area contributed by atoms with E-state index < -0.39 is 15.9 Å². The summed E-state index contributed by atoms with van der Waals surface area (Å²) >= 11 is 0. The molecule has 0 radical (unpaired) electrons. The lowest BCUT2D eigenvalue weighted by molar-refractivity contribution is -0.139. The quantitative estimate of drug-likeness (QED) is 0.725. The number of hydrogen-bond acceptors (Lipinski definition) is 5. The number of sulfonamides is 1. The van der Waals surface area contributed by atoms with Crippen molar-refractivity contribution in [2.24, 2.45) is 5.92 Å². The van der Waals surface area contributed by atoms with Crippen LogP contribution < -0.4 is 4.74 Å². The van der Waals surface area contributed by atoms with Crippen molar-refractivity contribution in [3.63, 3.8) is 0 Å². The Morgan fingerprint density at radius 3 is 2.47 bits per heavy atom. The summed E-state index contributed by atoms with van der Waals surface area (Å²) in [4.78, 5) is 15.4. The molecular formula is C22H26N2O5S. The number of morpholine rings is 1. The molecule has 2 heterocycles. The molecule has 2 aromatic carbocycles. The molecule has 0 aromatic heterocycles. The molecule has 0 aliphatic carbocycles. The zero-order valence-electron chi connectivity index (χ0n) is 16.9. The van der Waals surface area contributed by atoms with Crippen molar-refractivity contribution in [3.05, 3.63) is 60.2 Å². The molecule has 2 unspecified atom stereocenters. The highest BCUT2D eigenvalue weighted by molar-refractivity contribution is 7.89. The van der Waals surface area contributed by atoms with Crippen LogP contribution in [0.15, 0.2) is 59.5 Å². The highest BCUT2D eigenvalue weighted by Gasteiger charge is 2.45. The maximum absolute atomic E-state index is 13.4. The molecule has 0 bridgehead atoms. The van der Waals surface area contributed by atoms with Gasteiger partial charge < -0.3 is 14.4 Å². The maximum atomic E-state index is 13.4. The number of amides is 1. The first-order valence-electron chi connectivity index (χ1n) is 10.1. The number of hydrogen-bond donors (Lipinski definition) is 0. The van der Waals surface area contributed by atoms with Crippen LogP contribution in [0.4, 0.5) is 0 Å². The van der Waals surface area contributed by atoms with Gasteiger partial charge in [0.05, 0.1) is 31.1 Å². The van der Waals surface area contributed by atoms with Crippen LogP contribution in [0.25, 0.3) is 0 Å². The van der Waals surface area contributed by atoms with Crippen LogP contribution in [0.2, 0.25) is 0 Å². The van der Waals surface area contributed by atoms with E-state index in [0.717, 1.165) is 5.56 Å². The Kier molecular flexibility index (Phi) is 6.08. The number of carbonyl (C=O) groups is 1. The number of carbonyl (C=O) groups excluding carboxylic acids is 1. The second-order valence-electron chi connectivity index (χ2n) is 7.56. The molecule has 4 rings (SSSR count). The molecule has 0 spiro atoms. The summed E-state index contributed by atoms with van der Waals surface area (Å²) in [5.41, 5.74) is 0.909. The van der Waals surface area contributed by atoms with E-state index in [1.54, 1.807) is 42.3 Å². The molecule has 1 amide bonds. The van der Waals surface area contributed by atoms with Crippen molar-refractivity contribution < 1.29 is 22.7 Å². The monoisotopic (exact) mass is 430 g/mol. The van der Waals surface area contributed by atoms with E-state index in [2.05, 4.69) is 0 Å². The molecule has 30 heavy (non-hydrogen) atoms.